The summed E-state index contributed by atoms with van der Waals surface area (Å²) in [6, 6.07) is 7.93. The Labute approximate surface area is 128 Å². The minimum atomic E-state index is 0.534. The third-order valence-corrected chi connectivity index (χ3v) is 4.86. The average Bonchev–Trinajstić information content (AvgIpc) is 3.07. The standard InChI is InChI=1S/C16H19N3OS/c1-4-11(5-2)15-18-19-10-13(17-16(19)21-15)12-8-6-7-9-14(12)20-3/h6-11H,4-5H2,1-3H3. The zero-order valence-corrected chi connectivity index (χ0v) is 13.4. The molecule has 1 aromatic carbocycles. The molecule has 0 unspecified atom stereocenters. The highest BCUT2D eigenvalue weighted by Gasteiger charge is 2.16. The molecule has 4 nitrogen and oxygen atoms in total. The van der Waals surface area contributed by atoms with Crippen LogP contribution in [0.1, 0.15) is 37.6 Å². The van der Waals surface area contributed by atoms with Crippen molar-refractivity contribution in [3.8, 4) is 17.0 Å². The van der Waals surface area contributed by atoms with E-state index in [-0.39, 0.29) is 0 Å². The van der Waals surface area contributed by atoms with Gasteiger partial charge in [0.15, 0.2) is 0 Å². The van der Waals surface area contributed by atoms with E-state index in [1.54, 1.807) is 18.4 Å². The van der Waals surface area contributed by atoms with E-state index in [0.29, 0.717) is 5.92 Å². The van der Waals surface area contributed by atoms with Crippen LogP contribution in [-0.4, -0.2) is 21.7 Å². The van der Waals surface area contributed by atoms with E-state index in [0.717, 1.165) is 34.8 Å². The molecular formula is C16H19N3OS. The van der Waals surface area contributed by atoms with Crippen molar-refractivity contribution >= 4 is 16.3 Å². The van der Waals surface area contributed by atoms with Crippen LogP contribution < -0.4 is 4.74 Å². The van der Waals surface area contributed by atoms with Gasteiger partial charge < -0.3 is 4.74 Å². The van der Waals surface area contributed by atoms with Gasteiger partial charge in [0.2, 0.25) is 4.96 Å². The number of imidazole rings is 1. The third-order valence-electron chi connectivity index (χ3n) is 3.78. The lowest BCUT2D eigenvalue weighted by molar-refractivity contribution is 0.416. The number of hydrogen-bond donors (Lipinski definition) is 0. The number of hydrogen-bond acceptors (Lipinski definition) is 4. The predicted molar refractivity (Wildman–Crippen MR) is 86.2 cm³/mol. The molecule has 2 aromatic heterocycles. The van der Waals surface area contributed by atoms with Crippen molar-refractivity contribution in [3.05, 3.63) is 35.5 Å². The highest BCUT2D eigenvalue weighted by Crippen LogP contribution is 2.32. The van der Waals surface area contributed by atoms with Gasteiger partial charge in [-0.25, -0.2) is 9.50 Å². The predicted octanol–water partition coefficient (Wildman–Crippen LogP) is 4.37. The highest BCUT2D eigenvalue weighted by molar-refractivity contribution is 7.16. The number of benzene rings is 1. The molecule has 0 spiro atoms. The Hall–Kier alpha value is -1.88. The maximum Gasteiger partial charge on any atom is 0.212 e. The third kappa shape index (κ3) is 2.53. The number of para-hydroxylation sites is 1. The summed E-state index contributed by atoms with van der Waals surface area (Å²) < 4.78 is 7.29. The van der Waals surface area contributed by atoms with E-state index < -0.39 is 0 Å². The lowest BCUT2D eigenvalue weighted by atomic mass is 10.1. The molecule has 3 aromatic rings. The quantitative estimate of drug-likeness (QED) is 0.702. The molecule has 0 saturated carbocycles. The van der Waals surface area contributed by atoms with E-state index in [1.807, 2.05) is 35.0 Å². The fourth-order valence-electron chi connectivity index (χ4n) is 2.50. The zero-order valence-electron chi connectivity index (χ0n) is 12.5. The van der Waals surface area contributed by atoms with E-state index in [1.165, 1.54) is 5.01 Å². The van der Waals surface area contributed by atoms with E-state index in [9.17, 15) is 0 Å². The molecule has 5 heteroatoms. The Morgan fingerprint density at radius 1 is 1.24 bits per heavy atom. The van der Waals surface area contributed by atoms with Crippen LogP contribution in [0.4, 0.5) is 0 Å². The summed E-state index contributed by atoms with van der Waals surface area (Å²) in [6.45, 7) is 4.41. The summed E-state index contributed by atoms with van der Waals surface area (Å²) in [5.41, 5.74) is 1.91. The molecule has 0 saturated heterocycles. The highest BCUT2D eigenvalue weighted by atomic mass is 32.1. The molecule has 0 atom stereocenters. The van der Waals surface area contributed by atoms with Crippen molar-refractivity contribution in [1.29, 1.82) is 0 Å². The maximum atomic E-state index is 5.40. The monoisotopic (exact) mass is 301 g/mol. The fraction of sp³-hybridized carbons (Fsp3) is 0.375. The lowest BCUT2D eigenvalue weighted by Crippen LogP contribution is -1.95. The van der Waals surface area contributed by atoms with Crippen LogP contribution in [0, 0.1) is 0 Å². The molecule has 0 aliphatic carbocycles. The van der Waals surface area contributed by atoms with Gasteiger partial charge in [-0.3, -0.25) is 0 Å². The molecule has 2 heterocycles. The molecule has 21 heavy (non-hydrogen) atoms. The molecule has 0 fully saturated rings. The molecule has 0 radical (unpaired) electrons. The van der Waals surface area contributed by atoms with Gasteiger partial charge in [0.25, 0.3) is 0 Å². The van der Waals surface area contributed by atoms with Crippen LogP contribution in [0.15, 0.2) is 30.5 Å². The van der Waals surface area contributed by atoms with Gasteiger partial charge in [-0.15, -0.1) is 0 Å². The summed E-state index contributed by atoms with van der Waals surface area (Å²) in [4.78, 5) is 5.64. The van der Waals surface area contributed by atoms with Crippen molar-refractivity contribution in [2.75, 3.05) is 7.11 Å². The normalized spacial score (nSPS) is 11.4. The second-order valence-corrected chi connectivity index (χ2v) is 5.99. The van der Waals surface area contributed by atoms with Gasteiger partial charge in [-0.05, 0) is 25.0 Å². The number of nitrogens with zero attached hydrogens (tertiary/aromatic N) is 3. The van der Waals surface area contributed by atoms with Gasteiger partial charge in [-0.1, -0.05) is 37.3 Å². The molecular weight excluding hydrogens is 282 g/mol. The molecule has 0 bridgehead atoms. The first-order valence-corrected chi connectivity index (χ1v) is 8.08. The number of ether oxygens (including phenoxy) is 1. The van der Waals surface area contributed by atoms with Crippen molar-refractivity contribution in [3.63, 3.8) is 0 Å². The number of aromatic nitrogens is 3. The minimum Gasteiger partial charge on any atom is -0.496 e. The van der Waals surface area contributed by atoms with Crippen molar-refractivity contribution in [2.24, 2.45) is 0 Å². The summed E-state index contributed by atoms with van der Waals surface area (Å²) >= 11 is 1.68. The van der Waals surface area contributed by atoms with Gasteiger partial charge in [0.05, 0.1) is 19.0 Å². The fourth-order valence-corrected chi connectivity index (χ4v) is 3.65. The largest absolute Gasteiger partial charge is 0.496 e. The average molecular weight is 301 g/mol. The maximum absolute atomic E-state index is 5.40. The van der Waals surface area contributed by atoms with E-state index >= 15 is 0 Å². The minimum absolute atomic E-state index is 0.534. The Morgan fingerprint density at radius 3 is 2.67 bits per heavy atom. The van der Waals surface area contributed by atoms with Crippen LogP contribution in [0.2, 0.25) is 0 Å². The smallest absolute Gasteiger partial charge is 0.212 e. The molecule has 110 valence electrons. The summed E-state index contributed by atoms with van der Waals surface area (Å²) in [7, 11) is 1.68. The number of fused-ring (bicyclic) bond motifs is 1. The lowest BCUT2D eigenvalue weighted by Gasteiger charge is -2.06. The summed E-state index contributed by atoms with van der Waals surface area (Å²) in [5, 5.41) is 5.86. The number of methoxy groups -OCH3 is 1. The van der Waals surface area contributed by atoms with E-state index in [4.69, 9.17) is 9.72 Å². The summed E-state index contributed by atoms with van der Waals surface area (Å²) in [6.07, 6.45) is 4.22. The van der Waals surface area contributed by atoms with Gasteiger partial charge in [-0.2, -0.15) is 5.10 Å². The molecule has 0 amide bonds. The zero-order chi connectivity index (χ0) is 14.8. The Morgan fingerprint density at radius 2 is 2.00 bits per heavy atom. The number of rotatable bonds is 5. The molecule has 3 rings (SSSR count). The van der Waals surface area contributed by atoms with Crippen molar-refractivity contribution in [1.82, 2.24) is 14.6 Å². The topological polar surface area (TPSA) is 39.4 Å². The Balaban J connectivity index is 2.01. The SMILES string of the molecule is CCC(CC)c1nn2cc(-c3ccccc3OC)nc2s1. The Kier molecular flexibility index (Phi) is 3.92. The second-order valence-electron chi connectivity index (χ2n) is 5.01. The Bertz CT molecular complexity index is 711. The first-order chi connectivity index (χ1) is 10.3. The van der Waals surface area contributed by atoms with E-state index in [2.05, 4.69) is 18.9 Å². The van der Waals surface area contributed by atoms with Crippen LogP contribution in [0.3, 0.4) is 0 Å². The second kappa shape index (κ2) is 5.85. The van der Waals surface area contributed by atoms with Crippen molar-refractivity contribution in [2.45, 2.75) is 32.6 Å². The van der Waals surface area contributed by atoms with Gasteiger partial charge in [0, 0.05) is 11.5 Å². The van der Waals surface area contributed by atoms with Crippen LogP contribution in [-0.2, 0) is 0 Å². The van der Waals surface area contributed by atoms with Crippen LogP contribution in [0.5, 0.6) is 5.75 Å². The first-order valence-electron chi connectivity index (χ1n) is 7.26. The van der Waals surface area contributed by atoms with Crippen molar-refractivity contribution < 1.29 is 4.74 Å². The van der Waals surface area contributed by atoms with Crippen LogP contribution >= 0.6 is 11.3 Å². The molecule has 0 aliphatic heterocycles. The summed E-state index contributed by atoms with van der Waals surface area (Å²) in [5.74, 6) is 1.37. The van der Waals surface area contributed by atoms with Gasteiger partial charge in [0.1, 0.15) is 10.8 Å². The molecule has 0 N–H and O–H groups in total. The van der Waals surface area contributed by atoms with Gasteiger partial charge >= 0.3 is 0 Å². The first kappa shape index (κ1) is 14.1. The molecule has 0 aliphatic rings. The van der Waals surface area contributed by atoms with Crippen LogP contribution in [0.25, 0.3) is 16.2 Å².